The molecule has 0 aromatic heterocycles. The number of carbonyl (C=O) groups excluding carboxylic acids is 1. The van der Waals surface area contributed by atoms with Crippen LogP contribution in [0.4, 0.5) is 0 Å². The lowest BCUT2D eigenvalue weighted by atomic mass is 9.96. The highest BCUT2D eigenvalue weighted by atomic mass is 32.2. The van der Waals surface area contributed by atoms with Crippen LogP contribution in [0, 0.1) is 5.92 Å². The van der Waals surface area contributed by atoms with Crippen molar-refractivity contribution in [3.63, 3.8) is 0 Å². The third kappa shape index (κ3) is 4.85. The molecule has 8 heteroatoms. The molecule has 1 atom stereocenters. The van der Waals surface area contributed by atoms with Gasteiger partial charge in [0.1, 0.15) is 0 Å². The predicted molar refractivity (Wildman–Crippen MR) is 95.2 cm³/mol. The first-order valence-electron chi connectivity index (χ1n) is 8.23. The average molecular weight is 370 g/mol. The average Bonchev–Trinajstić information content (AvgIpc) is 2.60. The maximum Gasteiger partial charge on any atom is 0.223 e. The molecule has 140 valence electrons. The zero-order chi connectivity index (χ0) is 18.6. The van der Waals surface area contributed by atoms with Crippen LogP contribution in [0.25, 0.3) is 0 Å². The van der Waals surface area contributed by atoms with Crippen LogP contribution in [0.2, 0.25) is 0 Å². The molecule has 1 heterocycles. The largest absolute Gasteiger partial charge is 0.493 e. The van der Waals surface area contributed by atoms with Crippen LogP contribution in [0.1, 0.15) is 31.4 Å². The van der Waals surface area contributed by atoms with Crippen molar-refractivity contribution in [1.82, 2.24) is 9.62 Å². The van der Waals surface area contributed by atoms with E-state index < -0.39 is 10.0 Å². The third-order valence-electron chi connectivity index (χ3n) is 4.56. The lowest BCUT2D eigenvalue weighted by Crippen LogP contribution is -2.43. The van der Waals surface area contributed by atoms with E-state index >= 15 is 0 Å². The molecule has 1 fully saturated rings. The number of hydrogen-bond donors (Lipinski definition) is 1. The molecule has 0 saturated carbocycles. The number of amides is 1. The van der Waals surface area contributed by atoms with Gasteiger partial charge in [-0.2, -0.15) is 0 Å². The van der Waals surface area contributed by atoms with Gasteiger partial charge in [-0.05, 0) is 37.5 Å². The molecule has 0 spiro atoms. The molecule has 1 aliphatic heterocycles. The Bertz CT molecular complexity index is 712. The number of rotatable bonds is 6. The van der Waals surface area contributed by atoms with Gasteiger partial charge >= 0.3 is 0 Å². The van der Waals surface area contributed by atoms with Gasteiger partial charge in [-0.15, -0.1) is 0 Å². The quantitative estimate of drug-likeness (QED) is 0.821. The highest BCUT2D eigenvalue weighted by molar-refractivity contribution is 7.88. The van der Waals surface area contributed by atoms with Crippen LogP contribution in [0.15, 0.2) is 18.2 Å². The Morgan fingerprint density at radius 2 is 1.80 bits per heavy atom. The van der Waals surface area contributed by atoms with E-state index in [0.29, 0.717) is 37.4 Å². The highest BCUT2D eigenvalue weighted by Gasteiger charge is 2.29. The molecule has 25 heavy (non-hydrogen) atoms. The van der Waals surface area contributed by atoms with E-state index in [2.05, 4.69) is 5.32 Å². The zero-order valence-corrected chi connectivity index (χ0v) is 15.9. The molecule has 2 rings (SSSR count). The van der Waals surface area contributed by atoms with E-state index in [4.69, 9.17) is 9.47 Å². The molecule has 1 N–H and O–H groups in total. The van der Waals surface area contributed by atoms with E-state index in [1.54, 1.807) is 20.3 Å². The van der Waals surface area contributed by atoms with Gasteiger partial charge in [-0.3, -0.25) is 4.79 Å². The molecule has 0 unspecified atom stereocenters. The molecule has 0 aliphatic carbocycles. The second kappa shape index (κ2) is 8.05. The second-order valence-corrected chi connectivity index (χ2v) is 8.26. The van der Waals surface area contributed by atoms with Crippen molar-refractivity contribution in [3.8, 4) is 11.5 Å². The Morgan fingerprint density at radius 3 is 2.32 bits per heavy atom. The molecular formula is C17H26N2O5S. The molecule has 1 aromatic rings. The van der Waals surface area contributed by atoms with Gasteiger partial charge in [-0.25, -0.2) is 12.7 Å². The molecule has 1 aromatic carbocycles. The number of ether oxygens (including phenoxy) is 2. The summed E-state index contributed by atoms with van der Waals surface area (Å²) in [5.41, 5.74) is 0.916. The van der Waals surface area contributed by atoms with Crippen LogP contribution in [0.3, 0.4) is 0 Å². The maximum atomic E-state index is 12.5. The molecule has 1 amide bonds. The standard InChI is InChI=1S/C17H26N2O5S/c1-12(14-5-6-15(23-2)16(11-14)24-3)18-17(20)13-7-9-19(10-8-13)25(4,21)22/h5-6,11-13H,7-10H2,1-4H3,(H,18,20)/t12-/m1/s1. The number of benzene rings is 1. The van der Waals surface area contributed by atoms with Crippen LogP contribution < -0.4 is 14.8 Å². The summed E-state index contributed by atoms with van der Waals surface area (Å²) < 4.78 is 35.0. The summed E-state index contributed by atoms with van der Waals surface area (Å²) in [6.45, 7) is 2.69. The number of hydrogen-bond acceptors (Lipinski definition) is 5. The van der Waals surface area contributed by atoms with E-state index in [1.807, 2.05) is 19.1 Å². The van der Waals surface area contributed by atoms with E-state index in [0.717, 1.165) is 5.56 Å². The van der Waals surface area contributed by atoms with Crippen molar-refractivity contribution in [2.24, 2.45) is 5.92 Å². The van der Waals surface area contributed by atoms with Crippen molar-refractivity contribution in [2.45, 2.75) is 25.8 Å². The van der Waals surface area contributed by atoms with Crippen LogP contribution in [0.5, 0.6) is 11.5 Å². The lowest BCUT2D eigenvalue weighted by molar-refractivity contribution is -0.126. The SMILES string of the molecule is COc1ccc([C@@H](C)NC(=O)C2CCN(S(C)(=O)=O)CC2)cc1OC. The Balaban J connectivity index is 1.97. The van der Waals surface area contributed by atoms with Gasteiger partial charge in [0.25, 0.3) is 0 Å². The number of methoxy groups -OCH3 is 2. The summed E-state index contributed by atoms with van der Waals surface area (Å²) in [5.74, 6) is 1.04. The van der Waals surface area contributed by atoms with Crippen LogP contribution >= 0.6 is 0 Å². The number of piperidine rings is 1. The third-order valence-corrected chi connectivity index (χ3v) is 5.86. The van der Waals surface area contributed by atoms with Gasteiger partial charge < -0.3 is 14.8 Å². The van der Waals surface area contributed by atoms with E-state index in [9.17, 15) is 13.2 Å². The molecule has 0 bridgehead atoms. The Morgan fingerprint density at radius 1 is 1.20 bits per heavy atom. The van der Waals surface area contributed by atoms with Crippen molar-refractivity contribution in [3.05, 3.63) is 23.8 Å². The molecule has 1 saturated heterocycles. The molecule has 7 nitrogen and oxygen atoms in total. The Hall–Kier alpha value is -1.80. The van der Waals surface area contributed by atoms with Crippen LogP contribution in [-0.2, 0) is 14.8 Å². The summed E-state index contributed by atoms with van der Waals surface area (Å²) in [6.07, 6.45) is 2.28. The van der Waals surface area contributed by atoms with Gasteiger partial charge in [-0.1, -0.05) is 6.07 Å². The summed E-state index contributed by atoms with van der Waals surface area (Å²) in [4.78, 5) is 12.5. The van der Waals surface area contributed by atoms with Crippen molar-refractivity contribution < 1.29 is 22.7 Å². The number of carbonyl (C=O) groups is 1. The summed E-state index contributed by atoms with van der Waals surface area (Å²) >= 11 is 0. The fourth-order valence-electron chi connectivity index (χ4n) is 2.99. The monoisotopic (exact) mass is 370 g/mol. The summed E-state index contributed by atoms with van der Waals surface area (Å²) in [5, 5.41) is 3.00. The van der Waals surface area contributed by atoms with Gasteiger partial charge in [0.15, 0.2) is 11.5 Å². The first kappa shape index (κ1) is 19.5. The van der Waals surface area contributed by atoms with E-state index in [-0.39, 0.29) is 17.9 Å². The minimum Gasteiger partial charge on any atom is -0.493 e. The summed E-state index contributed by atoms with van der Waals surface area (Å²) in [6, 6.07) is 5.36. The molecule has 0 radical (unpaired) electrons. The fraction of sp³-hybridized carbons (Fsp3) is 0.588. The summed E-state index contributed by atoms with van der Waals surface area (Å²) in [7, 11) is -0.0346. The molecular weight excluding hydrogens is 344 g/mol. The van der Waals surface area contributed by atoms with Crippen LogP contribution in [-0.4, -0.2) is 52.2 Å². The van der Waals surface area contributed by atoms with Crippen molar-refractivity contribution in [2.75, 3.05) is 33.6 Å². The van der Waals surface area contributed by atoms with Crippen molar-refractivity contribution >= 4 is 15.9 Å². The minimum absolute atomic E-state index is 0.0459. The molecule has 1 aliphatic rings. The van der Waals surface area contributed by atoms with Gasteiger partial charge in [0.2, 0.25) is 15.9 Å². The first-order valence-corrected chi connectivity index (χ1v) is 10.1. The smallest absolute Gasteiger partial charge is 0.223 e. The van der Waals surface area contributed by atoms with Gasteiger partial charge in [0, 0.05) is 19.0 Å². The minimum atomic E-state index is -3.18. The zero-order valence-electron chi connectivity index (χ0n) is 15.1. The Kier molecular flexibility index (Phi) is 6.29. The normalized spacial score (nSPS) is 17.8. The second-order valence-electron chi connectivity index (χ2n) is 6.28. The Labute approximate surface area is 149 Å². The number of nitrogens with zero attached hydrogens (tertiary/aromatic N) is 1. The fourth-order valence-corrected chi connectivity index (χ4v) is 3.86. The van der Waals surface area contributed by atoms with E-state index in [1.165, 1.54) is 10.6 Å². The number of sulfonamides is 1. The number of nitrogens with one attached hydrogen (secondary N) is 1. The topological polar surface area (TPSA) is 84.9 Å². The van der Waals surface area contributed by atoms with Gasteiger partial charge in [0.05, 0.1) is 26.5 Å². The first-order chi connectivity index (χ1) is 11.8. The predicted octanol–water partition coefficient (Wildman–Crippen LogP) is 1.55. The maximum absolute atomic E-state index is 12.5. The lowest BCUT2D eigenvalue weighted by Gasteiger charge is -2.30. The highest BCUT2D eigenvalue weighted by Crippen LogP contribution is 2.30. The van der Waals surface area contributed by atoms with Crippen molar-refractivity contribution in [1.29, 1.82) is 0 Å².